The van der Waals surface area contributed by atoms with E-state index in [1.807, 2.05) is 112 Å². The molecule has 0 spiro atoms. The van der Waals surface area contributed by atoms with E-state index in [4.69, 9.17) is 14.2 Å². The molecular weight excluding hydrogens is 1230 g/mol. The van der Waals surface area contributed by atoms with Gasteiger partial charge in [-0.3, -0.25) is 19.5 Å². The van der Waals surface area contributed by atoms with E-state index < -0.39 is 0 Å². The number of aromatic amines is 1. The average Bonchev–Trinajstić information content (AvgIpc) is 1.83. The Balaban J connectivity index is 0.000000131. The summed E-state index contributed by atoms with van der Waals surface area (Å²) in [6.07, 6.45) is 10.4. The van der Waals surface area contributed by atoms with Crippen LogP contribution in [0.15, 0.2) is 178 Å². The van der Waals surface area contributed by atoms with Gasteiger partial charge >= 0.3 is 0 Å². The van der Waals surface area contributed by atoms with E-state index in [9.17, 15) is 24.6 Å². The molecule has 0 atom stereocenters. The number of carbonyl (C=O) groups is 3. The van der Waals surface area contributed by atoms with Gasteiger partial charge in [0.05, 0.1) is 27.9 Å². The number of phenols is 2. The van der Waals surface area contributed by atoms with Gasteiger partial charge in [0.1, 0.15) is 81.7 Å². The van der Waals surface area contributed by atoms with Crippen LogP contribution in [0.1, 0.15) is 17.0 Å². The lowest BCUT2D eigenvalue weighted by molar-refractivity contribution is -0.127. The number of aromatic hydroxyl groups is 2. The van der Waals surface area contributed by atoms with E-state index in [2.05, 4.69) is 84.5 Å². The summed E-state index contributed by atoms with van der Waals surface area (Å²) in [7, 11) is 0. The molecule has 3 saturated heterocycles. The number of aromatic nitrogens is 10. The third-order valence-corrected chi connectivity index (χ3v) is 17.2. The quantitative estimate of drug-likeness (QED) is 0.0959. The Hall–Kier alpha value is -12.3. The van der Waals surface area contributed by atoms with Gasteiger partial charge in [0.2, 0.25) is 29.5 Å². The zero-order valence-corrected chi connectivity index (χ0v) is 53.7. The summed E-state index contributed by atoms with van der Waals surface area (Å²) in [5.41, 5.74) is 5.38. The van der Waals surface area contributed by atoms with E-state index in [-0.39, 0.29) is 29.2 Å². The van der Waals surface area contributed by atoms with Crippen molar-refractivity contribution in [2.75, 3.05) is 93.2 Å². The van der Waals surface area contributed by atoms with Crippen LogP contribution in [0.3, 0.4) is 0 Å². The fourth-order valence-corrected chi connectivity index (χ4v) is 12.4. The minimum Gasteiger partial charge on any atom is -0.508 e. The predicted molar refractivity (Wildman–Crippen MR) is 373 cm³/mol. The van der Waals surface area contributed by atoms with Gasteiger partial charge in [0.15, 0.2) is 5.75 Å². The number of fused-ring (bicyclic) bond motifs is 6. The summed E-state index contributed by atoms with van der Waals surface area (Å²) in [4.78, 5) is 83.8. The highest BCUT2D eigenvalue weighted by Gasteiger charge is 2.27. The van der Waals surface area contributed by atoms with Crippen molar-refractivity contribution in [2.24, 2.45) is 0 Å². The molecule has 3 aliphatic heterocycles. The maximum atomic E-state index is 11.9. The number of amides is 3. The molecule has 488 valence electrons. The fourth-order valence-electron chi connectivity index (χ4n) is 12.4. The number of anilines is 3. The Morgan fingerprint density at radius 3 is 1.32 bits per heavy atom. The van der Waals surface area contributed by atoms with Crippen LogP contribution in [-0.2, 0) is 14.4 Å². The lowest BCUT2D eigenvalue weighted by atomic mass is 10.1. The third kappa shape index (κ3) is 13.3. The molecule has 6 aromatic carbocycles. The molecule has 0 unspecified atom stereocenters. The number of phenolic OH excluding ortho intramolecular Hbond substituents is 2. The largest absolute Gasteiger partial charge is 0.508 e. The van der Waals surface area contributed by atoms with Gasteiger partial charge in [-0.15, -0.1) is 0 Å². The first kappa shape index (κ1) is 63.4. The van der Waals surface area contributed by atoms with Crippen molar-refractivity contribution in [1.29, 1.82) is 0 Å². The van der Waals surface area contributed by atoms with Crippen LogP contribution in [-0.4, -0.2) is 171 Å². The number of pyridine rings is 2. The Bertz CT molecular complexity index is 4830. The Kier molecular flexibility index (Phi) is 18.1. The number of piperazine rings is 3. The molecule has 3 aliphatic rings. The van der Waals surface area contributed by atoms with E-state index in [0.29, 0.717) is 119 Å². The number of aryl methyl sites for hydroxylation is 3. The van der Waals surface area contributed by atoms with Crippen molar-refractivity contribution < 1.29 is 38.8 Å². The number of ether oxygens (including phenoxy) is 3. The Morgan fingerprint density at radius 2 is 0.866 bits per heavy atom. The molecule has 6 aromatic heterocycles. The maximum absolute atomic E-state index is 11.9. The van der Waals surface area contributed by atoms with Gasteiger partial charge in [0.25, 0.3) is 0 Å². The van der Waals surface area contributed by atoms with Crippen LogP contribution < -0.4 is 28.9 Å². The van der Waals surface area contributed by atoms with Crippen LogP contribution in [0.2, 0.25) is 0 Å². The van der Waals surface area contributed by atoms with E-state index in [0.717, 1.165) is 94.3 Å². The maximum Gasteiger partial charge on any atom is 0.246 e. The smallest absolute Gasteiger partial charge is 0.246 e. The highest BCUT2D eigenvalue weighted by Crippen LogP contribution is 2.41. The number of rotatable bonds is 12. The predicted octanol–water partition coefficient (Wildman–Crippen LogP) is 11.1. The Labute approximate surface area is 557 Å². The number of H-pyrrole nitrogens is 1. The zero-order valence-electron chi connectivity index (χ0n) is 53.7. The molecule has 24 heteroatoms. The van der Waals surface area contributed by atoms with Crippen molar-refractivity contribution in [3.8, 4) is 46.3 Å². The van der Waals surface area contributed by atoms with Crippen LogP contribution >= 0.6 is 0 Å². The molecular formula is C73H68N16O8. The number of benzene rings is 6. The summed E-state index contributed by atoms with van der Waals surface area (Å²) < 4.78 is 18.8. The monoisotopic (exact) mass is 1300 g/mol. The van der Waals surface area contributed by atoms with Crippen molar-refractivity contribution in [3.05, 3.63) is 195 Å². The van der Waals surface area contributed by atoms with E-state index >= 15 is 0 Å². The van der Waals surface area contributed by atoms with Gasteiger partial charge in [-0.05, 0) is 97.8 Å². The first-order valence-corrected chi connectivity index (χ1v) is 31.6. The lowest BCUT2D eigenvalue weighted by Crippen LogP contribution is -2.48. The van der Waals surface area contributed by atoms with Gasteiger partial charge in [-0.2, -0.15) is 5.10 Å². The number of hydrogen-bond donors (Lipinski definition) is 3. The first-order chi connectivity index (χ1) is 47.2. The van der Waals surface area contributed by atoms with Gasteiger partial charge in [0, 0.05) is 118 Å². The fraction of sp³-hybridized carbons (Fsp3) is 0.205. The molecule has 12 aromatic rings. The van der Waals surface area contributed by atoms with Gasteiger partial charge in [-0.25, -0.2) is 39.9 Å². The molecule has 15 rings (SSSR count). The number of para-hydroxylation sites is 1. The van der Waals surface area contributed by atoms with Crippen molar-refractivity contribution in [3.63, 3.8) is 0 Å². The molecule has 0 radical (unpaired) electrons. The second-order valence-corrected chi connectivity index (χ2v) is 23.4. The highest BCUT2D eigenvalue weighted by atomic mass is 16.5. The third-order valence-electron chi connectivity index (χ3n) is 17.2. The first-order valence-electron chi connectivity index (χ1n) is 31.6. The lowest BCUT2D eigenvalue weighted by Gasteiger charge is -2.35. The SMILES string of the molecule is C=CC(=O)N1CCN(c2ncnc3c(Oc4c(C)ccc5[nH]ncc45)cccc23)CC1.C=CC(=O)N1CCN(c2ncnc3c(Oc4cc(O)cc5ccccc45)nc(C)cc23)CC1.C=CC(=O)N1CCN(c2ncnc3c(Oc4cc(O)cc5ccccc45)nc(C)cc23)CC1. The molecule has 0 bridgehead atoms. The number of nitrogens with zero attached hydrogens (tertiary/aromatic N) is 15. The highest BCUT2D eigenvalue weighted by molar-refractivity contribution is 5.98. The van der Waals surface area contributed by atoms with Crippen LogP contribution in [0.5, 0.6) is 46.3 Å². The Morgan fingerprint density at radius 1 is 0.443 bits per heavy atom. The second kappa shape index (κ2) is 27.7. The van der Waals surface area contributed by atoms with Crippen molar-refractivity contribution >= 4 is 100 Å². The average molecular weight is 1300 g/mol. The summed E-state index contributed by atoms with van der Waals surface area (Å²) in [6.45, 7) is 24.2. The molecule has 3 fully saturated rings. The number of hydrogen-bond acceptors (Lipinski definition) is 20. The summed E-state index contributed by atoms with van der Waals surface area (Å²) in [5, 5.41) is 34.4. The minimum absolute atomic E-state index is 0.0355. The van der Waals surface area contributed by atoms with Crippen LogP contribution in [0.4, 0.5) is 17.5 Å². The van der Waals surface area contributed by atoms with Crippen molar-refractivity contribution in [2.45, 2.75) is 20.8 Å². The topological polar surface area (TPSA) is 271 Å². The van der Waals surface area contributed by atoms with E-state index in [1.165, 1.54) is 30.9 Å². The summed E-state index contributed by atoms with van der Waals surface area (Å²) in [6, 6.07) is 35.7. The molecule has 3 amide bonds. The van der Waals surface area contributed by atoms with E-state index in [1.54, 1.807) is 51.5 Å². The molecule has 9 heterocycles. The standard InChI is InChI=1S/2C25H23N5O3.C23H22N6O2/c2*1-3-22(32)29-8-10-30(11-9-29)24-20-12-16(2)28-25(23(20)26-15-27-24)33-21-14-18(31)13-17-6-4-5-7-19(17)21;1-3-20(30)28-9-11-29(12-10-28)23-16-5-4-6-19(21(16)24-14-25-23)31-22-15(2)7-8-18-17(22)13-26-27-18/h2*3-7,12-15,31H,1,8-11H2,2H3;3-8,13-14H,1,9-12H2,2H3,(H,26,27). The van der Waals surface area contributed by atoms with Crippen molar-refractivity contribution in [1.82, 2.24) is 64.8 Å². The van der Waals surface area contributed by atoms with Crippen LogP contribution in [0.25, 0.3) is 65.2 Å². The number of nitrogens with one attached hydrogen (secondary N) is 1. The summed E-state index contributed by atoms with van der Waals surface area (Å²) >= 11 is 0. The van der Waals surface area contributed by atoms with Gasteiger partial charge in [-0.1, -0.05) is 80.4 Å². The summed E-state index contributed by atoms with van der Waals surface area (Å²) in [5.74, 6) is 5.61. The molecule has 24 nitrogen and oxygen atoms in total. The zero-order chi connectivity index (χ0) is 67.3. The normalized spacial score (nSPS) is 14.1. The van der Waals surface area contributed by atoms with Gasteiger partial charge < -0.3 is 53.8 Å². The molecule has 0 aliphatic carbocycles. The molecule has 97 heavy (non-hydrogen) atoms. The molecule has 0 saturated carbocycles. The van der Waals surface area contributed by atoms with Crippen LogP contribution in [0, 0.1) is 20.8 Å². The second-order valence-electron chi connectivity index (χ2n) is 23.4. The number of carbonyl (C=O) groups excluding carboxylic acids is 3. The minimum atomic E-state index is -0.0590. The molecule has 3 N–H and O–H groups in total.